The number of likely N-dealkylation sites (N-methyl/N-ethyl adjacent to an activating group) is 1. The van der Waals surface area contributed by atoms with Crippen molar-refractivity contribution in [2.24, 2.45) is 0 Å². The lowest BCUT2D eigenvalue weighted by atomic mass is 10.2. The first-order valence-corrected chi connectivity index (χ1v) is 6.44. The molecule has 5 heteroatoms. The Labute approximate surface area is 120 Å². The number of hydrogen-bond donors (Lipinski definition) is 1. The minimum Gasteiger partial charge on any atom is -0.494 e. The summed E-state index contributed by atoms with van der Waals surface area (Å²) in [6, 6.07) is 7.79. The molecule has 1 aliphatic heterocycles. The average molecular weight is 285 g/mol. The van der Waals surface area contributed by atoms with Gasteiger partial charge in [-0.2, -0.15) is 0 Å². The van der Waals surface area contributed by atoms with Crippen LogP contribution in [0.2, 0.25) is 0 Å². The molecule has 19 heavy (non-hydrogen) atoms. The number of carbonyl (C=O) groups is 1. The van der Waals surface area contributed by atoms with Gasteiger partial charge in [-0.3, -0.25) is 4.79 Å². The quantitative estimate of drug-likeness (QED) is 0.919. The van der Waals surface area contributed by atoms with Crippen molar-refractivity contribution in [2.75, 3.05) is 26.7 Å². The number of likely N-dealkylation sites (tertiary alicyclic amines) is 1. The van der Waals surface area contributed by atoms with E-state index in [4.69, 9.17) is 4.74 Å². The Balaban J connectivity index is 0.00000180. The molecule has 1 saturated heterocycles. The van der Waals surface area contributed by atoms with Crippen LogP contribution >= 0.6 is 12.4 Å². The molecule has 1 atom stereocenters. The van der Waals surface area contributed by atoms with Crippen LogP contribution in [0.3, 0.4) is 0 Å². The molecule has 1 heterocycles. The Morgan fingerprint density at radius 2 is 2.11 bits per heavy atom. The summed E-state index contributed by atoms with van der Waals surface area (Å²) in [5, 5.41) is 3.21. The molecule has 1 aromatic rings. The SMILES string of the molecule is CCOc1ccc(C(=O)N2CCC(NC)C2)cc1.Cl. The first kappa shape index (κ1) is 15.8. The standard InChI is InChI=1S/C14H20N2O2.ClH/c1-3-18-13-6-4-11(5-7-13)14(17)16-9-8-12(10-16)15-2;/h4-7,12,15H,3,8-10H2,1-2H3;1H. The Kier molecular flexibility index (Phi) is 6.12. The number of carbonyl (C=O) groups excluding carboxylic acids is 1. The summed E-state index contributed by atoms with van der Waals surface area (Å²) in [5.74, 6) is 0.916. The van der Waals surface area contributed by atoms with Gasteiger partial charge >= 0.3 is 0 Å². The molecule has 0 spiro atoms. The summed E-state index contributed by atoms with van der Waals surface area (Å²) in [5.41, 5.74) is 0.732. The van der Waals surface area contributed by atoms with Crippen LogP contribution in [0, 0.1) is 0 Å². The second-order valence-corrected chi connectivity index (χ2v) is 4.48. The fourth-order valence-corrected chi connectivity index (χ4v) is 2.22. The Hall–Kier alpha value is -1.26. The van der Waals surface area contributed by atoms with E-state index in [1.807, 2.05) is 43.1 Å². The van der Waals surface area contributed by atoms with Crippen LogP contribution in [0.4, 0.5) is 0 Å². The number of amides is 1. The topological polar surface area (TPSA) is 41.6 Å². The predicted octanol–water partition coefficient (Wildman–Crippen LogP) is 1.94. The van der Waals surface area contributed by atoms with Crippen molar-refractivity contribution in [3.8, 4) is 5.75 Å². The number of rotatable bonds is 4. The smallest absolute Gasteiger partial charge is 0.253 e. The maximum absolute atomic E-state index is 12.2. The second-order valence-electron chi connectivity index (χ2n) is 4.48. The molecule has 0 aromatic heterocycles. The fourth-order valence-electron chi connectivity index (χ4n) is 2.22. The van der Waals surface area contributed by atoms with Crippen LogP contribution in [0.25, 0.3) is 0 Å². The third-order valence-electron chi connectivity index (χ3n) is 3.30. The molecule has 0 aliphatic carbocycles. The van der Waals surface area contributed by atoms with Crippen LogP contribution < -0.4 is 10.1 Å². The normalized spacial score (nSPS) is 18.0. The number of nitrogens with zero attached hydrogens (tertiary/aromatic N) is 1. The lowest BCUT2D eigenvalue weighted by Gasteiger charge is -2.16. The van der Waals surface area contributed by atoms with Crippen molar-refractivity contribution in [3.05, 3.63) is 29.8 Å². The summed E-state index contributed by atoms with van der Waals surface area (Å²) in [4.78, 5) is 14.1. The van der Waals surface area contributed by atoms with Crippen LogP contribution in [0.15, 0.2) is 24.3 Å². The molecule has 2 rings (SSSR count). The van der Waals surface area contributed by atoms with Crippen molar-refractivity contribution in [2.45, 2.75) is 19.4 Å². The van der Waals surface area contributed by atoms with E-state index in [9.17, 15) is 4.79 Å². The molecule has 0 bridgehead atoms. The largest absolute Gasteiger partial charge is 0.494 e. The zero-order chi connectivity index (χ0) is 13.0. The highest BCUT2D eigenvalue weighted by atomic mass is 35.5. The van der Waals surface area contributed by atoms with Crippen molar-refractivity contribution >= 4 is 18.3 Å². The van der Waals surface area contributed by atoms with E-state index in [1.165, 1.54) is 0 Å². The lowest BCUT2D eigenvalue weighted by Crippen LogP contribution is -2.33. The summed E-state index contributed by atoms with van der Waals surface area (Å²) in [6.07, 6.45) is 1.03. The first-order valence-electron chi connectivity index (χ1n) is 6.44. The van der Waals surface area contributed by atoms with Gasteiger partial charge in [0.25, 0.3) is 5.91 Å². The highest BCUT2D eigenvalue weighted by Gasteiger charge is 2.25. The van der Waals surface area contributed by atoms with Crippen LogP contribution in [0.5, 0.6) is 5.75 Å². The van der Waals surface area contributed by atoms with Gasteiger partial charge in [0.05, 0.1) is 6.61 Å². The Morgan fingerprint density at radius 3 is 2.63 bits per heavy atom. The molecule has 1 N–H and O–H groups in total. The fraction of sp³-hybridized carbons (Fsp3) is 0.500. The molecule has 1 fully saturated rings. The van der Waals surface area contributed by atoms with Crippen molar-refractivity contribution in [1.82, 2.24) is 10.2 Å². The molecular weight excluding hydrogens is 264 g/mol. The molecule has 0 radical (unpaired) electrons. The maximum Gasteiger partial charge on any atom is 0.253 e. The summed E-state index contributed by atoms with van der Waals surface area (Å²) < 4.78 is 5.37. The van der Waals surface area contributed by atoms with Crippen molar-refractivity contribution in [3.63, 3.8) is 0 Å². The van der Waals surface area contributed by atoms with Gasteiger partial charge < -0.3 is 15.0 Å². The predicted molar refractivity (Wildman–Crippen MR) is 78.2 cm³/mol. The number of benzene rings is 1. The van der Waals surface area contributed by atoms with E-state index in [0.29, 0.717) is 12.6 Å². The minimum absolute atomic E-state index is 0. The molecule has 1 amide bonds. The van der Waals surface area contributed by atoms with Gasteiger partial charge in [0.1, 0.15) is 5.75 Å². The van der Waals surface area contributed by atoms with Gasteiger partial charge in [0.15, 0.2) is 0 Å². The van der Waals surface area contributed by atoms with Crippen LogP contribution in [-0.2, 0) is 0 Å². The molecule has 4 nitrogen and oxygen atoms in total. The minimum atomic E-state index is 0. The highest BCUT2D eigenvalue weighted by Crippen LogP contribution is 2.16. The van der Waals surface area contributed by atoms with Gasteiger partial charge in [-0.1, -0.05) is 0 Å². The monoisotopic (exact) mass is 284 g/mol. The number of hydrogen-bond acceptors (Lipinski definition) is 3. The summed E-state index contributed by atoms with van der Waals surface area (Å²) >= 11 is 0. The lowest BCUT2D eigenvalue weighted by molar-refractivity contribution is 0.0789. The van der Waals surface area contributed by atoms with E-state index < -0.39 is 0 Å². The number of ether oxygens (including phenoxy) is 1. The van der Waals surface area contributed by atoms with Gasteiger partial charge in [0.2, 0.25) is 0 Å². The highest BCUT2D eigenvalue weighted by molar-refractivity contribution is 5.94. The first-order chi connectivity index (χ1) is 8.74. The van der Waals surface area contributed by atoms with E-state index in [0.717, 1.165) is 30.8 Å². The van der Waals surface area contributed by atoms with Gasteiger partial charge in [-0.05, 0) is 44.7 Å². The molecule has 1 aliphatic rings. The van der Waals surface area contributed by atoms with Crippen molar-refractivity contribution in [1.29, 1.82) is 0 Å². The molecule has 0 saturated carbocycles. The Morgan fingerprint density at radius 1 is 1.42 bits per heavy atom. The van der Waals surface area contributed by atoms with E-state index in [-0.39, 0.29) is 18.3 Å². The second kappa shape index (κ2) is 7.36. The van der Waals surface area contributed by atoms with Gasteiger partial charge in [-0.15, -0.1) is 12.4 Å². The Bertz CT molecular complexity index is 408. The molecular formula is C14H21ClN2O2. The zero-order valence-corrected chi connectivity index (χ0v) is 12.2. The third kappa shape index (κ3) is 3.85. The van der Waals surface area contributed by atoms with Crippen molar-refractivity contribution < 1.29 is 9.53 Å². The molecule has 1 aromatic carbocycles. The summed E-state index contributed by atoms with van der Waals surface area (Å²) in [6.45, 7) is 4.21. The number of halogens is 1. The number of nitrogens with one attached hydrogen (secondary N) is 1. The molecule has 1 unspecified atom stereocenters. The third-order valence-corrected chi connectivity index (χ3v) is 3.30. The van der Waals surface area contributed by atoms with E-state index in [2.05, 4.69) is 5.32 Å². The average Bonchev–Trinajstić information content (AvgIpc) is 2.88. The summed E-state index contributed by atoms with van der Waals surface area (Å²) in [7, 11) is 1.94. The van der Waals surface area contributed by atoms with Gasteiger partial charge in [-0.25, -0.2) is 0 Å². The molecule has 106 valence electrons. The van der Waals surface area contributed by atoms with E-state index >= 15 is 0 Å². The zero-order valence-electron chi connectivity index (χ0n) is 11.4. The van der Waals surface area contributed by atoms with Gasteiger partial charge in [0, 0.05) is 24.7 Å². The van der Waals surface area contributed by atoms with Crippen LogP contribution in [-0.4, -0.2) is 43.6 Å². The maximum atomic E-state index is 12.2. The van der Waals surface area contributed by atoms with Crippen LogP contribution in [0.1, 0.15) is 23.7 Å². The van der Waals surface area contributed by atoms with E-state index in [1.54, 1.807) is 0 Å².